The fraction of sp³-hybridized carbons (Fsp3) is 0.250. The van der Waals surface area contributed by atoms with Crippen LogP contribution in [-0.2, 0) is 6.54 Å². The summed E-state index contributed by atoms with van der Waals surface area (Å²) in [5, 5.41) is 2.91. The highest BCUT2D eigenvalue weighted by molar-refractivity contribution is 9.10. The zero-order valence-corrected chi connectivity index (χ0v) is 13.0. The zero-order valence-electron chi connectivity index (χ0n) is 11.4. The third kappa shape index (κ3) is 3.57. The number of hydrogen-bond donors (Lipinski definition) is 1. The molecular weight excluding hydrogens is 324 g/mol. The minimum absolute atomic E-state index is 0.127. The molecule has 0 aliphatic carbocycles. The molecule has 1 nitrogen and oxygen atoms in total. The molecule has 0 spiro atoms. The highest BCUT2D eigenvalue weighted by Crippen LogP contribution is 2.24. The Kier molecular flexibility index (Phi) is 4.76. The van der Waals surface area contributed by atoms with Crippen molar-refractivity contribution in [3.63, 3.8) is 0 Å². The first kappa shape index (κ1) is 15.0. The average Bonchev–Trinajstić information content (AvgIpc) is 2.42. The Morgan fingerprint density at radius 1 is 1.05 bits per heavy atom. The Morgan fingerprint density at radius 3 is 2.30 bits per heavy atom. The molecule has 0 aliphatic heterocycles. The summed E-state index contributed by atoms with van der Waals surface area (Å²) in [7, 11) is 0. The van der Waals surface area contributed by atoms with E-state index in [4.69, 9.17) is 0 Å². The van der Waals surface area contributed by atoms with Crippen LogP contribution in [0.4, 0.5) is 14.5 Å². The Bertz CT molecular complexity index is 594. The molecule has 20 heavy (non-hydrogen) atoms. The predicted octanol–water partition coefficient (Wildman–Crippen LogP) is 5.46. The van der Waals surface area contributed by atoms with E-state index in [9.17, 15) is 8.78 Å². The Morgan fingerprint density at radius 2 is 1.70 bits per heavy atom. The second-order valence-electron chi connectivity index (χ2n) is 5.00. The largest absolute Gasteiger partial charge is 0.379 e. The van der Waals surface area contributed by atoms with Crippen molar-refractivity contribution in [2.24, 2.45) is 0 Å². The summed E-state index contributed by atoms with van der Waals surface area (Å²) in [5.41, 5.74) is 2.45. The molecule has 106 valence electrons. The van der Waals surface area contributed by atoms with E-state index < -0.39 is 11.6 Å². The van der Waals surface area contributed by atoms with Crippen molar-refractivity contribution in [3.05, 3.63) is 63.6 Å². The summed E-state index contributed by atoms with van der Waals surface area (Å²) in [5.74, 6) is -0.476. The Hall–Kier alpha value is -1.42. The maximum Gasteiger partial charge on any atom is 0.147 e. The molecule has 0 fully saturated rings. The molecule has 2 rings (SSSR count). The average molecular weight is 340 g/mol. The van der Waals surface area contributed by atoms with Gasteiger partial charge in [0.05, 0.1) is 10.2 Å². The molecule has 4 heteroatoms. The van der Waals surface area contributed by atoms with E-state index in [0.717, 1.165) is 17.7 Å². The van der Waals surface area contributed by atoms with Crippen LogP contribution in [0.2, 0.25) is 0 Å². The molecule has 0 bridgehead atoms. The third-order valence-electron chi connectivity index (χ3n) is 3.14. The van der Waals surface area contributed by atoms with E-state index in [1.54, 1.807) is 0 Å². The van der Waals surface area contributed by atoms with E-state index in [2.05, 4.69) is 47.2 Å². The van der Waals surface area contributed by atoms with Gasteiger partial charge >= 0.3 is 0 Å². The van der Waals surface area contributed by atoms with E-state index in [-0.39, 0.29) is 10.2 Å². The van der Waals surface area contributed by atoms with Crippen LogP contribution in [0.5, 0.6) is 0 Å². The molecule has 0 saturated heterocycles. The van der Waals surface area contributed by atoms with Crippen molar-refractivity contribution >= 4 is 21.6 Å². The Labute approximate surface area is 126 Å². The van der Waals surface area contributed by atoms with Gasteiger partial charge in [-0.2, -0.15) is 0 Å². The van der Waals surface area contributed by atoms with Crippen LogP contribution in [0.25, 0.3) is 0 Å². The highest BCUT2D eigenvalue weighted by atomic mass is 79.9. The number of benzene rings is 2. The number of halogens is 3. The van der Waals surface area contributed by atoms with E-state index >= 15 is 0 Å². The zero-order chi connectivity index (χ0) is 14.7. The van der Waals surface area contributed by atoms with Gasteiger partial charge in [0.15, 0.2) is 0 Å². The topological polar surface area (TPSA) is 12.0 Å². The van der Waals surface area contributed by atoms with E-state index in [1.165, 1.54) is 5.56 Å². The lowest BCUT2D eigenvalue weighted by Crippen LogP contribution is -2.02. The lowest BCUT2D eigenvalue weighted by Gasteiger charge is -2.10. The van der Waals surface area contributed by atoms with Crippen LogP contribution in [0, 0.1) is 11.6 Å². The van der Waals surface area contributed by atoms with Gasteiger partial charge < -0.3 is 5.32 Å². The lowest BCUT2D eigenvalue weighted by atomic mass is 10.0. The van der Waals surface area contributed by atoms with Crippen molar-refractivity contribution in [2.75, 3.05) is 5.32 Å². The minimum atomic E-state index is -0.482. The molecule has 2 aromatic carbocycles. The first-order valence-electron chi connectivity index (χ1n) is 6.44. The summed E-state index contributed by atoms with van der Waals surface area (Å²) in [6.45, 7) is 4.72. The van der Waals surface area contributed by atoms with Crippen LogP contribution in [0.1, 0.15) is 30.9 Å². The number of rotatable bonds is 4. The van der Waals surface area contributed by atoms with Crippen molar-refractivity contribution < 1.29 is 8.78 Å². The van der Waals surface area contributed by atoms with Gasteiger partial charge in [-0.1, -0.05) is 38.1 Å². The van der Waals surface area contributed by atoms with Gasteiger partial charge in [-0.15, -0.1) is 0 Å². The van der Waals surface area contributed by atoms with Gasteiger partial charge in [0.25, 0.3) is 0 Å². The molecule has 0 saturated carbocycles. The lowest BCUT2D eigenvalue weighted by molar-refractivity contribution is 0.596. The van der Waals surface area contributed by atoms with Crippen molar-refractivity contribution in [1.29, 1.82) is 0 Å². The van der Waals surface area contributed by atoms with Gasteiger partial charge in [-0.3, -0.25) is 0 Å². The molecule has 0 radical (unpaired) electrons. The maximum absolute atomic E-state index is 13.6. The van der Waals surface area contributed by atoms with Crippen LogP contribution in [-0.4, -0.2) is 0 Å². The van der Waals surface area contributed by atoms with E-state index in [0.29, 0.717) is 12.5 Å². The van der Waals surface area contributed by atoms with Crippen LogP contribution < -0.4 is 5.32 Å². The Balaban J connectivity index is 2.07. The maximum atomic E-state index is 13.6. The van der Waals surface area contributed by atoms with Crippen molar-refractivity contribution in [2.45, 2.75) is 26.3 Å². The molecule has 0 unspecified atom stereocenters. The standard InChI is InChI=1S/C16H16BrF2N/c1-10(2)12-5-3-11(4-6-12)9-20-16-8-14(18)13(17)7-15(16)19/h3-8,10,20H,9H2,1-2H3. The molecule has 0 atom stereocenters. The number of hydrogen-bond acceptors (Lipinski definition) is 1. The summed E-state index contributed by atoms with van der Waals surface area (Å²) in [6, 6.07) is 10.4. The van der Waals surface area contributed by atoms with Gasteiger partial charge in [0, 0.05) is 12.6 Å². The van der Waals surface area contributed by atoms with Crippen molar-refractivity contribution in [3.8, 4) is 0 Å². The molecule has 0 aromatic heterocycles. The van der Waals surface area contributed by atoms with Crippen LogP contribution >= 0.6 is 15.9 Å². The monoisotopic (exact) mass is 339 g/mol. The summed E-state index contributed by atoms with van der Waals surface area (Å²) in [6.07, 6.45) is 0. The summed E-state index contributed by atoms with van der Waals surface area (Å²) >= 11 is 2.95. The first-order valence-corrected chi connectivity index (χ1v) is 7.24. The van der Waals surface area contributed by atoms with Gasteiger partial charge in [-0.05, 0) is 39.0 Å². The second kappa shape index (κ2) is 6.35. The normalized spacial score (nSPS) is 10.9. The van der Waals surface area contributed by atoms with Gasteiger partial charge in [0.2, 0.25) is 0 Å². The van der Waals surface area contributed by atoms with E-state index in [1.807, 2.05) is 12.1 Å². The molecule has 0 amide bonds. The fourth-order valence-corrected chi connectivity index (χ4v) is 2.19. The smallest absolute Gasteiger partial charge is 0.147 e. The van der Waals surface area contributed by atoms with Gasteiger partial charge in [0.1, 0.15) is 11.6 Å². The van der Waals surface area contributed by atoms with Crippen LogP contribution in [0.3, 0.4) is 0 Å². The minimum Gasteiger partial charge on any atom is -0.379 e. The summed E-state index contributed by atoms with van der Waals surface area (Å²) < 4.78 is 27.1. The molecule has 2 aromatic rings. The fourth-order valence-electron chi connectivity index (χ4n) is 1.88. The number of anilines is 1. The number of nitrogens with one attached hydrogen (secondary N) is 1. The predicted molar refractivity (Wildman–Crippen MR) is 81.9 cm³/mol. The summed E-state index contributed by atoms with van der Waals surface area (Å²) in [4.78, 5) is 0. The highest BCUT2D eigenvalue weighted by Gasteiger charge is 2.08. The SMILES string of the molecule is CC(C)c1ccc(CNc2cc(F)c(Br)cc2F)cc1. The third-order valence-corrected chi connectivity index (χ3v) is 3.75. The second-order valence-corrected chi connectivity index (χ2v) is 5.85. The molecule has 1 N–H and O–H groups in total. The molecule has 0 aliphatic rings. The molecular formula is C16H16BrF2N. The molecule has 0 heterocycles. The van der Waals surface area contributed by atoms with Crippen molar-refractivity contribution in [1.82, 2.24) is 0 Å². The van der Waals surface area contributed by atoms with Crippen LogP contribution in [0.15, 0.2) is 40.9 Å². The quantitative estimate of drug-likeness (QED) is 0.729. The van der Waals surface area contributed by atoms with Gasteiger partial charge in [-0.25, -0.2) is 8.78 Å². The first-order chi connectivity index (χ1) is 9.47.